The molecule has 0 radical (unpaired) electrons. The second kappa shape index (κ2) is 9.61. The van der Waals surface area contributed by atoms with Crippen molar-refractivity contribution < 1.29 is 9.59 Å². The maximum atomic E-state index is 12.5. The number of carbonyl (C=O) groups is 2. The number of aromatic nitrogens is 4. The summed E-state index contributed by atoms with van der Waals surface area (Å²) in [6, 6.07) is 5.88. The fourth-order valence-corrected chi connectivity index (χ4v) is 4.49. The number of rotatable bonds is 7. The van der Waals surface area contributed by atoms with Crippen LogP contribution in [0.4, 0.5) is 10.8 Å². The van der Waals surface area contributed by atoms with Gasteiger partial charge in [-0.15, -0.1) is 21.5 Å². The van der Waals surface area contributed by atoms with Gasteiger partial charge in [-0.3, -0.25) is 9.59 Å². The van der Waals surface area contributed by atoms with Crippen LogP contribution in [0.25, 0.3) is 0 Å². The van der Waals surface area contributed by atoms with Gasteiger partial charge in [-0.1, -0.05) is 29.5 Å². The first-order valence-corrected chi connectivity index (χ1v) is 11.5. The summed E-state index contributed by atoms with van der Waals surface area (Å²) in [6.07, 6.45) is 0.0929. The molecular formula is C21H26N6O2S2. The Hall–Kier alpha value is -2.72. The van der Waals surface area contributed by atoms with E-state index in [0.29, 0.717) is 16.1 Å². The van der Waals surface area contributed by atoms with Crippen LogP contribution in [0.5, 0.6) is 0 Å². The number of nitrogens with one attached hydrogen (secondary N) is 2. The van der Waals surface area contributed by atoms with E-state index in [9.17, 15) is 9.59 Å². The standard InChI is InChI=1S/C21H26N6O2S2/c1-11-7-8-16(12(2)9-11)23-18(28)10-17-25-26-21(27(17)6)31-15(5)19(29)24-20-22-13(3)14(4)30-20/h7-9,15H,10H2,1-6H3,(H,23,28)(H,22,24,29). The Morgan fingerprint density at radius 3 is 2.55 bits per heavy atom. The first-order chi connectivity index (χ1) is 14.6. The van der Waals surface area contributed by atoms with Gasteiger partial charge in [-0.05, 0) is 46.2 Å². The molecule has 1 atom stereocenters. The Balaban J connectivity index is 1.59. The maximum Gasteiger partial charge on any atom is 0.239 e. The third-order valence-electron chi connectivity index (χ3n) is 4.81. The van der Waals surface area contributed by atoms with Crippen LogP contribution < -0.4 is 10.6 Å². The molecule has 3 rings (SSSR count). The normalized spacial score (nSPS) is 11.9. The van der Waals surface area contributed by atoms with E-state index in [4.69, 9.17) is 0 Å². The molecule has 0 saturated heterocycles. The van der Waals surface area contributed by atoms with Crippen LogP contribution in [0.3, 0.4) is 0 Å². The van der Waals surface area contributed by atoms with Gasteiger partial charge in [0.1, 0.15) is 5.82 Å². The van der Waals surface area contributed by atoms with Gasteiger partial charge in [-0.25, -0.2) is 4.98 Å². The zero-order chi connectivity index (χ0) is 22.7. The van der Waals surface area contributed by atoms with Crippen LogP contribution in [0.2, 0.25) is 0 Å². The summed E-state index contributed by atoms with van der Waals surface area (Å²) < 4.78 is 1.74. The van der Waals surface area contributed by atoms with Crippen molar-refractivity contribution in [2.45, 2.75) is 51.4 Å². The average Bonchev–Trinajstić information content (AvgIpc) is 3.19. The largest absolute Gasteiger partial charge is 0.325 e. The number of nitrogens with zero attached hydrogens (tertiary/aromatic N) is 4. The maximum absolute atomic E-state index is 12.5. The van der Waals surface area contributed by atoms with Gasteiger partial charge in [-0.2, -0.15) is 0 Å². The molecule has 0 aliphatic heterocycles. The summed E-state index contributed by atoms with van der Waals surface area (Å²) in [4.78, 5) is 30.4. The molecule has 2 heterocycles. The minimum absolute atomic E-state index is 0.0929. The molecule has 0 bridgehead atoms. The molecule has 0 aliphatic rings. The van der Waals surface area contributed by atoms with E-state index in [2.05, 4.69) is 25.8 Å². The number of thioether (sulfide) groups is 1. The zero-order valence-electron chi connectivity index (χ0n) is 18.4. The summed E-state index contributed by atoms with van der Waals surface area (Å²) in [5.41, 5.74) is 3.85. The van der Waals surface area contributed by atoms with Crippen LogP contribution in [-0.2, 0) is 23.1 Å². The lowest BCUT2D eigenvalue weighted by Crippen LogP contribution is -2.23. The minimum Gasteiger partial charge on any atom is -0.325 e. The summed E-state index contributed by atoms with van der Waals surface area (Å²) in [5.74, 6) is 0.207. The van der Waals surface area contributed by atoms with Gasteiger partial charge in [0.05, 0.1) is 17.4 Å². The highest BCUT2D eigenvalue weighted by Crippen LogP contribution is 2.25. The van der Waals surface area contributed by atoms with Gasteiger partial charge >= 0.3 is 0 Å². The molecular weight excluding hydrogens is 432 g/mol. The molecule has 3 aromatic rings. The second-order valence-electron chi connectivity index (χ2n) is 7.41. The first-order valence-electron chi connectivity index (χ1n) is 9.81. The van der Waals surface area contributed by atoms with E-state index in [1.807, 2.05) is 45.9 Å². The highest BCUT2D eigenvalue weighted by molar-refractivity contribution is 8.00. The van der Waals surface area contributed by atoms with Gasteiger partial charge < -0.3 is 15.2 Å². The number of hydrogen-bond donors (Lipinski definition) is 2. The first kappa shape index (κ1) is 23.0. The molecule has 1 unspecified atom stereocenters. The van der Waals surface area contributed by atoms with Crippen molar-refractivity contribution >= 4 is 45.7 Å². The van der Waals surface area contributed by atoms with Crippen LogP contribution in [0.15, 0.2) is 23.4 Å². The summed E-state index contributed by atoms with van der Waals surface area (Å²) in [6.45, 7) is 9.65. The van der Waals surface area contributed by atoms with Gasteiger partial charge in [0.2, 0.25) is 11.8 Å². The van der Waals surface area contributed by atoms with E-state index in [0.717, 1.165) is 27.4 Å². The predicted molar refractivity (Wildman–Crippen MR) is 125 cm³/mol. The molecule has 2 aromatic heterocycles. The van der Waals surface area contributed by atoms with Gasteiger partial charge in [0, 0.05) is 17.6 Å². The Bertz CT molecular complexity index is 1100. The summed E-state index contributed by atoms with van der Waals surface area (Å²) in [5, 5.41) is 14.8. The van der Waals surface area contributed by atoms with Crippen LogP contribution in [0, 0.1) is 27.7 Å². The fourth-order valence-electron chi connectivity index (χ4n) is 2.84. The molecule has 2 amide bonds. The lowest BCUT2D eigenvalue weighted by atomic mass is 10.1. The third kappa shape index (κ3) is 5.71. The SMILES string of the molecule is Cc1ccc(NC(=O)Cc2nnc(SC(C)C(=O)Nc3nc(C)c(C)s3)n2C)c(C)c1. The molecule has 10 heteroatoms. The number of aryl methyl sites for hydroxylation is 4. The highest BCUT2D eigenvalue weighted by atomic mass is 32.2. The van der Waals surface area contributed by atoms with Crippen molar-refractivity contribution in [2.24, 2.45) is 7.05 Å². The van der Waals surface area contributed by atoms with Crippen molar-refractivity contribution in [2.75, 3.05) is 10.6 Å². The zero-order valence-corrected chi connectivity index (χ0v) is 20.1. The summed E-state index contributed by atoms with van der Waals surface area (Å²) in [7, 11) is 1.79. The number of amides is 2. The van der Waals surface area contributed by atoms with Crippen molar-refractivity contribution in [3.63, 3.8) is 0 Å². The lowest BCUT2D eigenvalue weighted by molar-refractivity contribution is -0.116. The smallest absolute Gasteiger partial charge is 0.239 e. The number of thiazole rings is 1. The molecule has 1 aromatic carbocycles. The lowest BCUT2D eigenvalue weighted by Gasteiger charge is -2.11. The Labute approximate surface area is 189 Å². The number of anilines is 2. The molecule has 2 N–H and O–H groups in total. The average molecular weight is 459 g/mol. The monoisotopic (exact) mass is 458 g/mol. The molecule has 8 nitrogen and oxygen atoms in total. The minimum atomic E-state index is -0.399. The van der Waals surface area contributed by atoms with Crippen molar-refractivity contribution in [1.82, 2.24) is 19.7 Å². The number of benzene rings is 1. The highest BCUT2D eigenvalue weighted by Gasteiger charge is 2.21. The summed E-state index contributed by atoms with van der Waals surface area (Å²) >= 11 is 2.74. The Morgan fingerprint density at radius 1 is 1.16 bits per heavy atom. The molecule has 0 fully saturated rings. The van der Waals surface area contributed by atoms with E-state index in [1.54, 1.807) is 18.5 Å². The van der Waals surface area contributed by atoms with Crippen molar-refractivity contribution in [1.29, 1.82) is 0 Å². The Kier molecular flexibility index (Phi) is 7.11. The molecule has 31 heavy (non-hydrogen) atoms. The van der Waals surface area contributed by atoms with Crippen LogP contribution >= 0.6 is 23.1 Å². The quantitative estimate of drug-likeness (QED) is 0.522. The van der Waals surface area contributed by atoms with Crippen molar-refractivity contribution in [3.8, 4) is 0 Å². The number of hydrogen-bond acceptors (Lipinski definition) is 7. The van der Waals surface area contributed by atoms with E-state index < -0.39 is 5.25 Å². The third-order valence-corrected chi connectivity index (χ3v) is 6.93. The molecule has 0 saturated carbocycles. The van der Waals surface area contributed by atoms with Crippen LogP contribution in [0.1, 0.15) is 34.4 Å². The van der Waals surface area contributed by atoms with Gasteiger partial charge in [0.15, 0.2) is 10.3 Å². The topological polar surface area (TPSA) is 102 Å². The van der Waals surface area contributed by atoms with Crippen LogP contribution in [-0.4, -0.2) is 36.8 Å². The molecule has 164 valence electrons. The molecule has 0 aliphatic carbocycles. The van der Waals surface area contributed by atoms with Crippen molar-refractivity contribution in [3.05, 3.63) is 45.7 Å². The predicted octanol–water partition coefficient (Wildman–Crippen LogP) is 3.81. The Morgan fingerprint density at radius 2 is 1.90 bits per heavy atom. The second-order valence-corrected chi connectivity index (χ2v) is 9.92. The van der Waals surface area contributed by atoms with E-state index in [-0.39, 0.29) is 18.2 Å². The van der Waals surface area contributed by atoms with E-state index >= 15 is 0 Å². The fraction of sp³-hybridized carbons (Fsp3) is 0.381. The molecule has 0 spiro atoms. The van der Waals surface area contributed by atoms with E-state index in [1.165, 1.54) is 23.1 Å². The van der Waals surface area contributed by atoms with Gasteiger partial charge in [0.25, 0.3) is 0 Å². The number of carbonyl (C=O) groups excluding carboxylic acids is 2.